The van der Waals surface area contributed by atoms with Gasteiger partial charge in [-0.05, 0) is 24.3 Å². The van der Waals surface area contributed by atoms with Crippen LogP contribution in [0.3, 0.4) is 0 Å². The fraction of sp³-hybridized carbons (Fsp3) is 0.333. The molecule has 0 radical (unpaired) electrons. The first kappa shape index (κ1) is 13.9. The summed E-state index contributed by atoms with van der Waals surface area (Å²) in [6.45, 7) is 2.44. The highest BCUT2D eigenvalue weighted by atomic mass is 19.1. The number of anilines is 1. The van der Waals surface area contributed by atoms with Gasteiger partial charge in [-0.25, -0.2) is 14.4 Å². The van der Waals surface area contributed by atoms with Crippen LogP contribution in [0.2, 0.25) is 0 Å². The van der Waals surface area contributed by atoms with Crippen LogP contribution in [0.5, 0.6) is 0 Å². The fourth-order valence-electron chi connectivity index (χ4n) is 2.33. The average Bonchev–Trinajstić information content (AvgIpc) is 2.55. The Labute approximate surface area is 122 Å². The molecule has 21 heavy (non-hydrogen) atoms. The van der Waals surface area contributed by atoms with Crippen molar-refractivity contribution in [1.29, 1.82) is 0 Å². The molecule has 0 saturated carbocycles. The Morgan fingerprint density at radius 3 is 2.76 bits per heavy atom. The van der Waals surface area contributed by atoms with Gasteiger partial charge in [0.1, 0.15) is 5.82 Å². The molecule has 5 nitrogen and oxygen atoms in total. The van der Waals surface area contributed by atoms with Gasteiger partial charge in [0.25, 0.3) is 0 Å². The standard InChI is InChI=1S/C15H16FN3O2/c16-13-9-11(15-17-4-3-12(10-20)18-15)1-2-14(13)19-5-7-21-8-6-19/h1-4,9,20H,5-8,10H2. The lowest BCUT2D eigenvalue weighted by Crippen LogP contribution is -2.36. The highest BCUT2D eigenvalue weighted by molar-refractivity contribution is 5.61. The summed E-state index contributed by atoms with van der Waals surface area (Å²) in [5, 5.41) is 9.09. The zero-order valence-corrected chi connectivity index (χ0v) is 11.5. The van der Waals surface area contributed by atoms with Gasteiger partial charge in [0.15, 0.2) is 5.82 Å². The van der Waals surface area contributed by atoms with Gasteiger partial charge < -0.3 is 14.7 Å². The molecule has 0 unspecified atom stereocenters. The maximum absolute atomic E-state index is 14.3. The lowest BCUT2D eigenvalue weighted by atomic mass is 10.1. The largest absolute Gasteiger partial charge is 0.390 e. The van der Waals surface area contributed by atoms with E-state index in [1.165, 1.54) is 6.07 Å². The Bertz CT molecular complexity index is 630. The lowest BCUT2D eigenvalue weighted by Gasteiger charge is -2.29. The van der Waals surface area contributed by atoms with Crippen LogP contribution < -0.4 is 4.90 Å². The van der Waals surface area contributed by atoms with Crippen LogP contribution in [-0.2, 0) is 11.3 Å². The van der Waals surface area contributed by atoms with Gasteiger partial charge in [0.2, 0.25) is 0 Å². The summed E-state index contributed by atoms with van der Waals surface area (Å²) in [7, 11) is 0. The first-order chi connectivity index (χ1) is 10.3. The molecule has 1 saturated heterocycles. The summed E-state index contributed by atoms with van der Waals surface area (Å²) < 4.78 is 19.6. The number of ether oxygens (including phenoxy) is 1. The third-order valence-electron chi connectivity index (χ3n) is 3.43. The van der Waals surface area contributed by atoms with Crippen molar-refractivity contribution in [2.45, 2.75) is 6.61 Å². The van der Waals surface area contributed by atoms with Crippen LogP contribution >= 0.6 is 0 Å². The van der Waals surface area contributed by atoms with Crippen LogP contribution in [0, 0.1) is 5.82 Å². The molecule has 0 aliphatic carbocycles. The van der Waals surface area contributed by atoms with E-state index < -0.39 is 0 Å². The number of aromatic nitrogens is 2. The number of morpholine rings is 1. The van der Waals surface area contributed by atoms with E-state index in [1.54, 1.807) is 24.4 Å². The zero-order chi connectivity index (χ0) is 14.7. The highest BCUT2D eigenvalue weighted by Gasteiger charge is 2.16. The second-order valence-electron chi connectivity index (χ2n) is 4.80. The molecular formula is C15H16FN3O2. The topological polar surface area (TPSA) is 58.5 Å². The number of rotatable bonds is 3. The number of hydrogen-bond donors (Lipinski definition) is 1. The smallest absolute Gasteiger partial charge is 0.159 e. The van der Waals surface area contributed by atoms with E-state index >= 15 is 0 Å². The van der Waals surface area contributed by atoms with Crippen molar-refractivity contribution >= 4 is 5.69 Å². The molecule has 3 rings (SSSR count). The van der Waals surface area contributed by atoms with Gasteiger partial charge >= 0.3 is 0 Å². The Kier molecular flexibility index (Phi) is 4.08. The number of aliphatic hydroxyl groups is 1. The molecule has 6 heteroatoms. The number of benzene rings is 1. The number of halogens is 1. The lowest BCUT2D eigenvalue weighted by molar-refractivity contribution is 0.122. The summed E-state index contributed by atoms with van der Waals surface area (Å²) in [5.74, 6) is 0.112. The highest BCUT2D eigenvalue weighted by Crippen LogP contribution is 2.25. The van der Waals surface area contributed by atoms with E-state index in [0.717, 1.165) is 0 Å². The van der Waals surface area contributed by atoms with Gasteiger partial charge in [-0.15, -0.1) is 0 Å². The number of aliphatic hydroxyl groups excluding tert-OH is 1. The van der Waals surface area contributed by atoms with Crippen LogP contribution in [0.25, 0.3) is 11.4 Å². The number of hydrogen-bond acceptors (Lipinski definition) is 5. The fourth-order valence-corrected chi connectivity index (χ4v) is 2.33. The van der Waals surface area contributed by atoms with Crippen LogP contribution in [0.1, 0.15) is 5.69 Å². The van der Waals surface area contributed by atoms with Crippen molar-refractivity contribution < 1.29 is 14.2 Å². The molecule has 0 bridgehead atoms. The molecule has 0 spiro atoms. The molecule has 1 fully saturated rings. The Hall–Kier alpha value is -2.05. The van der Waals surface area contributed by atoms with Crippen LogP contribution in [-0.4, -0.2) is 41.4 Å². The molecular weight excluding hydrogens is 273 g/mol. The SMILES string of the molecule is OCc1ccnc(-c2ccc(N3CCOCC3)c(F)c2)n1. The predicted octanol–water partition coefficient (Wildman–Crippen LogP) is 1.61. The second-order valence-corrected chi connectivity index (χ2v) is 4.80. The molecule has 2 aromatic rings. The summed E-state index contributed by atoms with van der Waals surface area (Å²) >= 11 is 0. The molecule has 0 atom stereocenters. The molecule has 1 aliphatic heterocycles. The van der Waals surface area contributed by atoms with Gasteiger partial charge in [-0.3, -0.25) is 0 Å². The summed E-state index contributed by atoms with van der Waals surface area (Å²) in [4.78, 5) is 10.3. The zero-order valence-electron chi connectivity index (χ0n) is 11.5. The molecule has 0 amide bonds. The Balaban J connectivity index is 1.89. The van der Waals surface area contributed by atoms with Gasteiger partial charge in [-0.1, -0.05) is 0 Å². The average molecular weight is 289 g/mol. The maximum Gasteiger partial charge on any atom is 0.159 e. The van der Waals surface area contributed by atoms with Gasteiger partial charge in [-0.2, -0.15) is 0 Å². The quantitative estimate of drug-likeness (QED) is 0.930. The van der Waals surface area contributed by atoms with Gasteiger partial charge in [0, 0.05) is 24.8 Å². The van der Waals surface area contributed by atoms with E-state index in [1.807, 2.05) is 4.90 Å². The van der Waals surface area contributed by atoms with E-state index in [-0.39, 0.29) is 12.4 Å². The summed E-state index contributed by atoms with van der Waals surface area (Å²) in [6, 6.07) is 6.60. The summed E-state index contributed by atoms with van der Waals surface area (Å²) in [6.07, 6.45) is 1.56. The number of nitrogens with zero attached hydrogens (tertiary/aromatic N) is 3. The van der Waals surface area contributed by atoms with E-state index in [0.29, 0.717) is 49.1 Å². The molecule has 1 N–H and O–H groups in total. The van der Waals surface area contributed by atoms with Crippen molar-refractivity contribution in [2.24, 2.45) is 0 Å². The monoisotopic (exact) mass is 289 g/mol. The Morgan fingerprint density at radius 2 is 2.05 bits per heavy atom. The van der Waals surface area contributed by atoms with Crippen molar-refractivity contribution in [1.82, 2.24) is 9.97 Å². The molecule has 1 aromatic heterocycles. The second kappa shape index (κ2) is 6.15. The van der Waals surface area contributed by atoms with Crippen molar-refractivity contribution in [3.63, 3.8) is 0 Å². The minimum atomic E-state index is -0.299. The first-order valence-corrected chi connectivity index (χ1v) is 6.83. The van der Waals surface area contributed by atoms with E-state index in [4.69, 9.17) is 9.84 Å². The minimum Gasteiger partial charge on any atom is -0.390 e. The molecule has 1 aromatic carbocycles. The van der Waals surface area contributed by atoms with Crippen LogP contribution in [0.4, 0.5) is 10.1 Å². The minimum absolute atomic E-state index is 0.163. The van der Waals surface area contributed by atoms with E-state index in [2.05, 4.69) is 9.97 Å². The van der Waals surface area contributed by atoms with Crippen molar-refractivity contribution in [3.05, 3.63) is 42.0 Å². The maximum atomic E-state index is 14.3. The normalized spacial score (nSPS) is 15.2. The summed E-state index contributed by atoms with van der Waals surface area (Å²) in [5.41, 5.74) is 1.68. The van der Waals surface area contributed by atoms with E-state index in [9.17, 15) is 4.39 Å². The third kappa shape index (κ3) is 3.01. The first-order valence-electron chi connectivity index (χ1n) is 6.83. The van der Waals surface area contributed by atoms with Crippen molar-refractivity contribution in [3.8, 4) is 11.4 Å². The van der Waals surface area contributed by atoms with Gasteiger partial charge in [0.05, 0.1) is 31.2 Å². The molecule has 110 valence electrons. The van der Waals surface area contributed by atoms with Crippen molar-refractivity contribution in [2.75, 3.05) is 31.2 Å². The Morgan fingerprint density at radius 1 is 1.24 bits per heavy atom. The van der Waals surface area contributed by atoms with Crippen LogP contribution in [0.15, 0.2) is 30.5 Å². The molecule has 2 heterocycles. The third-order valence-corrected chi connectivity index (χ3v) is 3.43. The molecule has 1 aliphatic rings. The predicted molar refractivity (Wildman–Crippen MR) is 76.4 cm³/mol.